The molecular weight excluding hydrogens is 1670 g/mol. The van der Waals surface area contributed by atoms with Crippen LogP contribution in [0.2, 0.25) is 0 Å². The van der Waals surface area contributed by atoms with Gasteiger partial charge in [0, 0.05) is 207 Å². The van der Waals surface area contributed by atoms with Crippen molar-refractivity contribution in [3.05, 3.63) is 193 Å². The number of piperazine rings is 4. The Hall–Kier alpha value is -11.1. The lowest BCUT2D eigenvalue weighted by molar-refractivity contribution is 0.106. The van der Waals surface area contributed by atoms with E-state index in [-0.39, 0.29) is 70.0 Å². The van der Waals surface area contributed by atoms with E-state index >= 15 is 0 Å². The minimum absolute atomic E-state index is 0.129. The molecule has 0 atom stereocenters. The summed E-state index contributed by atoms with van der Waals surface area (Å²) in [5.74, 6) is 1.07. The first-order chi connectivity index (χ1) is 60.0. The summed E-state index contributed by atoms with van der Waals surface area (Å²) in [7, 11) is 0. The van der Waals surface area contributed by atoms with E-state index < -0.39 is 0 Å². The third-order valence-electron chi connectivity index (χ3n) is 19.3. The summed E-state index contributed by atoms with van der Waals surface area (Å²) in [6.45, 7) is 41.8. The van der Waals surface area contributed by atoms with Crippen LogP contribution >= 0.6 is 48.9 Å². The molecule has 4 saturated heterocycles. The number of rotatable bonds is 21. The Balaban J connectivity index is 0.000000190. The number of thiocarbonyl (C=S) groups is 4. The molecule has 0 unspecified atom stereocenters. The van der Waals surface area contributed by atoms with Crippen LogP contribution < -0.4 is 61.5 Å². The van der Waals surface area contributed by atoms with Gasteiger partial charge in [0.2, 0.25) is 23.5 Å². The fraction of sp³-hybridized carbons (Fsp3) is 0.467. The van der Waals surface area contributed by atoms with E-state index in [1.165, 1.54) is 11.1 Å². The van der Waals surface area contributed by atoms with Gasteiger partial charge in [0.25, 0.3) is 0 Å². The van der Waals surface area contributed by atoms with Crippen molar-refractivity contribution >= 4 is 116 Å². The molecule has 12 heterocycles. The van der Waals surface area contributed by atoms with Gasteiger partial charge in [-0.2, -0.15) is 0 Å². The summed E-state index contributed by atoms with van der Waals surface area (Å²) in [6.07, 6.45) is 19.2. The van der Waals surface area contributed by atoms with Crippen molar-refractivity contribution in [3.63, 3.8) is 0 Å². The number of aromatic nitrogens is 8. The quantitative estimate of drug-likeness (QED) is 0.0310. The van der Waals surface area contributed by atoms with Gasteiger partial charge in [-0.05, 0) is 256 Å². The number of pyridine rings is 8. The fourth-order valence-corrected chi connectivity index (χ4v) is 14.8. The molecule has 4 aliphatic heterocycles. The van der Waals surface area contributed by atoms with Crippen molar-refractivity contribution < 1.29 is 38.1 Å². The van der Waals surface area contributed by atoms with Crippen LogP contribution in [0.4, 0.5) is 41.9 Å². The maximum absolute atomic E-state index is 12.5. The number of nitrogens with zero attached hydrogens (tertiary/aromatic N) is 16. The van der Waals surface area contributed by atoms with Crippen LogP contribution in [0.5, 0.6) is 23.5 Å². The molecule has 0 saturated carbocycles. The van der Waals surface area contributed by atoms with Gasteiger partial charge in [-0.15, -0.1) is 0 Å². The van der Waals surface area contributed by atoms with Crippen LogP contribution in [0.1, 0.15) is 124 Å². The molecule has 4 fully saturated rings. The first-order valence-corrected chi connectivity index (χ1v) is 44.2. The summed E-state index contributed by atoms with van der Waals surface area (Å²) >= 11 is 21.1. The number of anilines is 4. The zero-order chi connectivity index (χ0) is 90.7. The van der Waals surface area contributed by atoms with Gasteiger partial charge in [-0.25, -0.2) is 39.1 Å². The van der Waals surface area contributed by atoms with E-state index in [0.717, 1.165) is 150 Å². The number of carbonyl (C=O) groups excluding carboxylic acids is 4. The lowest BCUT2D eigenvalue weighted by Gasteiger charge is -2.33. The van der Waals surface area contributed by atoms with E-state index in [1.54, 1.807) is 105 Å². The van der Waals surface area contributed by atoms with Gasteiger partial charge in [-0.3, -0.25) is 39.5 Å². The predicted molar refractivity (Wildman–Crippen MR) is 510 cm³/mol. The molecule has 126 heavy (non-hydrogen) atoms. The topological polar surface area (TPSA) is 330 Å². The summed E-state index contributed by atoms with van der Waals surface area (Å²) in [4.78, 5) is 100. The fourth-order valence-electron chi connectivity index (χ4n) is 13.1. The van der Waals surface area contributed by atoms with Gasteiger partial charge in [-0.1, -0.05) is 24.3 Å². The maximum atomic E-state index is 12.5. The number of nitrogens with one attached hydrogen (secondary N) is 8. The Bertz CT molecular complexity index is 4560. The van der Waals surface area contributed by atoms with Crippen LogP contribution in [0.25, 0.3) is 0 Å². The second kappa shape index (κ2) is 49.1. The van der Waals surface area contributed by atoms with E-state index in [1.807, 2.05) is 151 Å². The van der Waals surface area contributed by atoms with E-state index in [2.05, 4.69) is 120 Å². The number of hydrogen-bond acceptors (Lipinski definition) is 24. The molecule has 8 aromatic heterocycles. The Labute approximate surface area is 763 Å². The molecule has 0 radical (unpaired) electrons. The van der Waals surface area contributed by atoms with Crippen LogP contribution in [0.15, 0.2) is 165 Å². The standard InChI is InChI=1S/2C23H32N6O2S.2C22H30N6O2S/c1-23(2,3)27-21(32)26-19-8-9-20(25-17-19)31-22(30)29-14-12-28(13-15-29)11-5-7-18-6-4-10-24-16-18;1-23(2,3)27-21(32)26-19-9-10-20(25-17-19)31-22(30)29-15-13-28(14-16-29)12-6-8-18-7-4-5-11-24-18;1-16-6-5-7-18(24-16)15-27-10-12-28(13-11-27)21(29)30-19-9-8-17(14-23-19)25-20(31)26-22(2,3)4;1-22(2,3)26-20(31)25-18-6-7-19(24-16-18)30-21(29)28-13-11-27(12-14-28)10-8-17-5-4-9-23-15-17/h4,6,8-10,16-17H,5,7,11-15H2,1-3H3,(H2,26,27,32);4-5,7,9-11,17H,6,8,12-16H2,1-3H3,(H2,26,27,32);5-9,14H,10-13,15H2,1-4H3,(H2,25,26,31);4-7,9,15-16H,8,10-14H2,1-3H3,(H2,25,26,31). The van der Waals surface area contributed by atoms with E-state index in [9.17, 15) is 19.2 Å². The van der Waals surface area contributed by atoms with Gasteiger partial charge < -0.3 is 81.1 Å². The molecule has 8 N–H and O–H groups in total. The van der Waals surface area contributed by atoms with E-state index in [4.69, 9.17) is 67.8 Å². The highest BCUT2D eigenvalue weighted by Gasteiger charge is 2.29. The Morgan fingerprint density at radius 2 is 0.659 bits per heavy atom. The number of hydrogen-bond donors (Lipinski definition) is 8. The molecule has 4 amide bonds. The van der Waals surface area contributed by atoms with Crippen molar-refractivity contribution in [2.45, 2.75) is 151 Å². The first-order valence-electron chi connectivity index (χ1n) is 42.6. The third kappa shape index (κ3) is 38.4. The molecule has 12 rings (SSSR count). The highest BCUT2D eigenvalue weighted by molar-refractivity contribution is 7.81. The number of ether oxygens (including phenoxy) is 4. The van der Waals surface area contributed by atoms with Crippen LogP contribution in [0, 0.1) is 6.92 Å². The average Bonchev–Trinajstić information content (AvgIpc) is 0.872. The molecule has 0 aliphatic carbocycles. The first kappa shape index (κ1) is 98.7. The van der Waals surface area contributed by atoms with Gasteiger partial charge >= 0.3 is 24.4 Å². The largest absolute Gasteiger partial charge is 0.416 e. The SMILES string of the molecule is CC(C)(C)NC(=S)Nc1ccc(OC(=O)N2CCN(CCCc3ccccn3)CC2)nc1.CC(C)(C)NC(=S)Nc1ccc(OC(=O)N2CCN(CCCc3cccnc3)CC2)nc1.CC(C)(C)NC(=S)Nc1ccc(OC(=O)N2CCN(CCc3cccnc3)CC2)nc1.Cc1cccc(CN2CCN(C(=O)Oc3ccc(NC(=S)NC(C)(C)C)cn3)CC2)n1. The van der Waals surface area contributed by atoms with Crippen LogP contribution in [-0.4, -0.2) is 270 Å². The normalized spacial score (nSPS) is 14.7. The molecule has 0 aromatic carbocycles. The minimum Gasteiger partial charge on any atom is -0.391 e. The average molecular weight is 1800 g/mol. The zero-order valence-electron chi connectivity index (χ0n) is 74.8. The molecule has 8 aromatic rings. The highest BCUT2D eigenvalue weighted by Crippen LogP contribution is 2.22. The predicted octanol–water partition coefficient (Wildman–Crippen LogP) is 12.7. The summed E-state index contributed by atoms with van der Waals surface area (Å²) < 4.78 is 21.7. The highest BCUT2D eigenvalue weighted by atomic mass is 32.1. The van der Waals surface area contributed by atoms with Gasteiger partial charge in [0.05, 0.1) is 53.2 Å². The molecule has 0 spiro atoms. The summed E-state index contributed by atoms with van der Waals surface area (Å²) in [6, 6.07) is 33.9. The van der Waals surface area contributed by atoms with Crippen molar-refractivity contribution in [2.24, 2.45) is 0 Å². The number of carbonyl (C=O) groups is 4. The lowest BCUT2D eigenvalue weighted by Crippen LogP contribution is -2.50. The number of aryl methyl sites for hydroxylation is 3. The smallest absolute Gasteiger partial charge is 0.391 e. The lowest BCUT2D eigenvalue weighted by atomic mass is 10.1. The Morgan fingerprint density at radius 3 is 0.960 bits per heavy atom. The number of amides is 4. The van der Waals surface area contributed by atoms with Crippen molar-refractivity contribution in [1.82, 2.24) is 100 Å². The monoisotopic (exact) mass is 1800 g/mol. The maximum Gasteiger partial charge on any atom is 0.416 e. The molecule has 36 heteroatoms. The molecule has 676 valence electrons. The van der Waals surface area contributed by atoms with Crippen LogP contribution in [-0.2, 0) is 25.8 Å². The van der Waals surface area contributed by atoms with Gasteiger partial charge in [0.15, 0.2) is 20.4 Å². The second-order valence-corrected chi connectivity index (χ2v) is 36.5. The van der Waals surface area contributed by atoms with Crippen LogP contribution in [0.3, 0.4) is 0 Å². The summed E-state index contributed by atoms with van der Waals surface area (Å²) in [5, 5.41) is 27.0. The van der Waals surface area contributed by atoms with E-state index in [0.29, 0.717) is 72.8 Å². The molecule has 4 aliphatic rings. The molecular formula is C90H124N24O8S4. The third-order valence-corrected chi connectivity index (χ3v) is 20.1. The van der Waals surface area contributed by atoms with Crippen molar-refractivity contribution in [3.8, 4) is 23.5 Å². The van der Waals surface area contributed by atoms with Crippen molar-refractivity contribution in [1.29, 1.82) is 0 Å². The Morgan fingerprint density at radius 1 is 0.333 bits per heavy atom. The van der Waals surface area contributed by atoms with Crippen molar-refractivity contribution in [2.75, 3.05) is 146 Å². The Kier molecular flexibility index (Phi) is 38.5. The minimum atomic E-state index is -0.383. The molecule has 32 nitrogen and oxygen atoms in total. The molecule has 0 bridgehead atoms. The summed E-state index contributed by atoms with van der Waals surface area (Å²) in [5.41, 5.74) is 8.05. The van der Waals surface area contributed by atoms with Gasteiger partial charge in [0.1, 0.15) is 0 Å². The second-order valence-electron chi connectivity index (χ2n) is 34.8. The zero-order valence-corrected chi connectivity index (χ0v) is 78.1.